The van der Waals surface area contributed by atoms with Gasteiger partial charge < -0.3 is 19.9 Å². The Kier molecular flexibility index (Phi) is 9.61. The highest BCUT2D eigenvalue weighted by molar-refractivity contribution is 5.94. The third kappa shape index (κ3) is 8.77. The van der Waals surface area contributed by atoms with Crippen LogP contribution in [0, 0.1) is 19.8 Å². The molecule has 0 aliphatic carbocycles. The fourth-order valence-corrected chi connectivity index (χ4v) is 4.35. The standard InChI is InChI=1S/C30H32F3NO5/c1-18(2)15-26(21-5-7-23(8-6-21)29(37)34-14-13-27(35)36)38-25-16-19(3)28(20(4)17-25)22-9-11-24(12-10-22)39-30(31,32)33/h5-12,16-18,26H,13-15H2,1-4H3,(H,34,37)(H,35,36). The average Bonchev–Trinajstić information content (AvgIpc) is 2.83. The Balaban J connectivity index is 1.78. The SMILES string of the molecule is Cc1cc(OC(CC(C)C)c2ccc(C(=O)NCCC(=O)O)cc2)cc(C)c1-c1ccc(OC(F)(F)F)cc1. The van der Waals surface area contributed by atoms with E-state index in [4.69, 9.17) is 9.84 Å². The molecule has 1 amide bonds. The highest BCUT2D eigenvalue weighted by Gasteiger charge is 2.31. The maximum absolute atomic E-state index is 12.5. The number of carboxylic acids is 1. The monoisotopic (exact) mass is 543 g/mol. The molecule has 208 valence electrons. The lowest BCUT2D eigenvalue weighted by molar-refractivity contribution is -0.274. The Labute approximate surface area is 225 Å². The first kappa shape index (κ1) is 29.5. The van der Waals surface area contributed by atoms with Gasteiger partial charge in [-0.05, 0) is 90.4 Å². The minimum Gasteiger partial charge on any atom is -0.486 e. The van der Waals surface area contributed by atoms with E-state index in [1.54, 1.807) is 24.3 Å². The summed E-state index contributed by atoms with van der Waals surface area (Å²) in [6, 6.07) is 16.6. The summed E-state index contributed by atoms with van der Waals surface area (Å²) in [7, 11) is 0. The highest BCUT2D eigenvalue weighted by atomic mass is 19.4. The van der Waals surface area contributed by atoms with Crippen LogP contribution in [0.15, 0.2) is 60.7 Å². The molecule has 0 saturated carbocycles. The first-order chi connectivity index (χ1) is 18.3. The van der Waals surface area contributed by atoms with Gasteiger partial charge in [0.25, 0.3) is 5.91 Å². The predicted molar refractivity (Wildman–Crippen MR) is 142 cm³/mol. The Morgan fingerprint density at radius 3 is 2.03 bits per heavy atom. The second-order valence-electron chi connectivity index (χ2n) is 9.76. The summed E-state index contributed by atoms with van der Waals surface area (Å²) in [6.45, 7) is 8.07. The number of halogens is 3. The lowest BCUT2D eigenvalue weighted by atomic mass is 9.95. The summed E-state index contributed by atoms with van der Waals surface area (Å²) < 4.78 is 47.9. The minimum atomic E-state index is -4.74. The molecule has 0 bridgehead atoms. The van der Waals surface area contributed by atoms with E-state index in [-0.39, 0.29) is 30.7 Å². The molecule has 6 nitrogen and oxygen atoms in total. The molecule has 0 aliphatic heterocycles. The zero-order valence-corrected chi connectivity index (χ0v) is 22.3. The minimum absolute atomic E-state index is 0.0508. The van der Waals surface area contributed by atoms with E-state index in [1.165, 1.54) is 12.1 Å². The van der Waals surface area contributed by atoms with Crippen molar-refractivity contribution in [3.8, 4) is 22.6 Å². The van der Waals surface area contributed by atoms with Crippen LogP contribution in [-0.2, 0) is 4.79 Å². The van der Waals surface area contributed by atoms with Gasteiger partial charge in [0.1, 0.15) is 17.6 Å². The van der Waals surface area contributed by atoms with Crippen LogP contribution in [0.1, 0.15) is 59.8 Å². The second kappa shape index (κ2) is 12.7. The molecule has 0 heterocycles. The molecule has 9 heteroatoms. The summed E-state index contributed by atoms with van der Waals surface area (Å²) in [5.74, 6) is -0.614. The normalized spacial score (nSPS) is 12.2. The molecule has 2 N–H and O–H groups in total. The van der Waals surface area contributed by atoms with Crippen LogP contribution in [0.5, 0.6) is 11.5 Å². The van der Waals surface area contributed by atoms with E-state index in [0.717, 1.165) is 34.2 Å². The van der Waals surface area contributed by atoms with Gasteiger partial charge in [0.15, 0.2) is 0 Å². The third-order valence-corrected chi connectivity index (χ3v) is 6.02. The van der Waals surface area contributed by atoms with Gasteiger partial charge in [0.2, 0.25) is 0 Å². The van der Waals surface area contributed by atoms with Gasteiger partial charge in [0, 0.05) is 12.1 Å². The number of aryl methyl sites for hydroxylation is 2. The molecule has 39 heavy (non-hydrogen) atoms. The van der Waals surface area contributed by atoms with Crippen LogP contribution in [-0.4, -0.2) is 29.9 Å². The van der Waals surface area contributed by atoms with Crippen molar-refractivity contribution in [1.29, 1.82) is 0 Å². The van der Waals surface area contributed by atoms with E-state index in [2.05, 4.69) is 23.9 Å². The molecule has 3 aromatic carbocycles. The Morgan fingerprint density at radius 1 is 0.923 bits per heavy atom. The summed E-state index contributed by atoms with van der Waals surface area (Å²) in [5, 5.41) is 11.3. The second-order valence-corrected chi connectivity index (χ2v) is 9.76. The molecule has 3 aromatic rings. The maximum Gasteiger partial charge on any atom is 0.573 e. The van der Waals surface area contributed by atoms with Crippen molar-refractivity contribution in [1.82, 2.24) is 5.32 Å². The number of nitrogens with one attached hydrogen (secondary N) is 1. The zero-order valence-electron chi connectivity index (χ0n) is 22.3. The Bertz CT molecular complexity index is 1260. The molecule has 0 saturated heterocycles. The van der Waals surface area contributed by atoms with Crippen molar-refractivity contribution in [2.75, 3.05) is 6.54 Å². The number of hydrogen-bond acceptors (Lipinski definition) is 4. The largest absolute Gasteiger partial charge is 0.573 e. The molecular formula is C30H32F3NO5. The quantitative estimate of drug-likeness (QED) is 0.266. The predicted octanol–water partition coefficient (Wildman–Crippen LogP) is 7.24. The van der Waals surface area contributed by atoms with Gasteiger partial charge in [-0.3, -0.25) is 9.59 Å². The van der Waals surface area contributed by atoms with Crippen molar-refractivity contribution in [2.45, 2.75) is 53.0 Å². The van der Waals surface area contributed by atoms with Crippen LogP contribution >= 0.6 is 0 Å². The molecule has 3 rings (SSSR count). The average molecular weight is 544 g/mol. The number of aliphatic carboxylic acids is 1. The smallest absolute Gasteiger partial charge is 0.486 e. The van der Waals surface area contributed by atoms with Crippen LogP contribution in [0.25, 0.3) is 11.1 Å². The molecule has 0 spiro atoms. The van der Waals surface area contributed by atoms with E-state index in [9.17, 15) is 22.8 Å². The van der Waals surface area contributed by atoms with Gasteiger partial charge >= 0.3 is 12.3 Å². The zero-order chi connectivity index (χ0) is 28.7. The lowest BCUT2D eigenvalue weighted by Gasteiger charge is -2.23. The molecular weight excluding hydrogens is 511 g/mol. The Hall–Kier alpha value is -4.01. The van der Waals surface area contributed by atoms with Crippen LogP contribution in [0.4, 0.5) is 13.2 Å². The number of amides is 1. The first-order valence-corrected chi connectivity index (χ1v) is 12.6. The number of ether oxygens (including phenoxy) is 2. The molecule has 1 atom stereocenters. The van der Waals surface area contributed by atoms with Crippen LogP contribution in [0.2, 0.25) is 0 Å². The maximum atomic E-state index is 12.5. The molecule has 0 aromatic heterocycles. The van der Waals surface area contributed by atoms with Crippen molar-refractivity contribution < 1.29 is 37.3 Å². The van der Waals surface area contributed by atoms with Gasteiger partial charge in [-0.2, -0.15) is 0 Å². The van der Waals surface area contributed by atoms with Crippen LogP contribution in [0.3, 0.4) is 0 Å². The number of carboxylic acid groups (broad SMARTS) is 1. The van der Waals surface area contributed by atoms with Crippen LogP contribution < -0.4 is 14.8 Å². The molecule has 1 unspecified atom stereocenters. The van der Waals surface area contributed by atoms with E-state index in [1.807, 2.05) is 38.1 Å². The highest BCUT2D eigenvalue weighted by Crippen LogP contribution is 2.35. The molecule has 0 fully saturated rings. The van der Waals surface area contributed by atoms with Crippen molar-refractivity contribution >= 4 is 11.9 Å². The van der Waals surface area contributed by atoms with Crippen molar-refractivity contribution in [2.24, 2.45) is 5.92 Å². The molecule has 0 radical (unpaired) electrons. The first-order valence-electron chi connectivity index (χ1n) is 12.6. The van der Waals surface area contributed by atoms with Gasteiger partial charge in [-0.15, -0.1) is 13.2 Å². The van der Waals surface area contributed by atoms with Gasteiger partial charge in [-0.25, -0.2) is 0 Å². The van der Waals surface area contributed by atoms with Gasteiger partial charge in [0.05, 0.1) is 6.42 Å². The number of benzene rings is 3. The summed E-state index contributed by atoms with van der Waals surface area (Å²) >= 11 is 0. The number of alkyl halides is 3. The Morgan fingerprint density at radius 2 is 1.51 bits per heavy atom. The number of rotatable bonds is 11. The van der Waals surface area contributed by atoms with Gasteiger partial charge in [-0.1, -0.05) is 38.1 Å². The summed E-state index contributed by atoms with van der Waals surface area (Å²) in [6.07, 6.45) is -4.44. The number of carbonyl (C=O) groups is 2. The van der Waals surface area contributed by atoms with E-state index < -0.39 is 12.3 Å². The topological polar surface area (TPSA) is 84.9 Å². The van der Waals surface area contributed by atoms with E-state index >= 15 is 0 Å². The third-order valence-electron chi connectivity index (χ3n) is 6.02. The van der Waals surface area contributed by atoms with E-state index in [0.29, 0.717) is 17.2 Å². The van der Waals surface area contributed by atoms with Crippen molar-refractivity contribution in [3.05, 3.63) is 82.9 Å². The summed E-state index contributed by atoms with van der Waals surface area (Å²) in [4.78, 5) is 22.9. The fourth-order valence-electron chi connectivity index (χ4n) is 4.35. The summed E-state index contributed by atoms with van der Waals surface area (Å²) in [5.41, 5.74) is 4.81. The molecule has 0 aliphatic rings. The lowest BCUT2D eigenvalue weighted by Crippen LogP contribution is -2.26. The van der Waals surface area contributed by atoms with Crippen molar-refractivity contribution in [3.63, 3.8) is 0 Å². The number of hydrogen-bond donors (Lipinski definition) is 2. The number of carbonyl (C=O) groups excluding carboxylic acids is 1. The fraction of sp³-hybridized carbons (Fsp3) is 0.333.